The van der Waals surface area contributed by atoms with Gasteiger partial charge >= 0.3 is 0 Å². The average Bonchev–Trinajstić information content (AvgIpc) is 3.23. The van der Waals surface area contributed by atoms with Gasteiger partial charge in [0.15, 0.2) is 0 Å². The van der Waals surface area contributed by atoms with Crippen molar-refractivity contribution in [3.05, 3.63) is 0 Å². The molecule has 3 aliphatic rings. The molecular formula is C18H30N2O2S. The van der Waals surface area contributed by atoms with Crippen LogP contribution in [0.1, 0.15) is 64.7 Å². The van der Waals surface area contributed by atoms with Crippen LogP contribution >= 0.6 is 11.8 Å². The summed E-state index contributed by atoms with van der Waals surface area (Å²) in [7, 11) is 0. The zero-order valence-corrected chi connectivity index (χ0v) is 15.2. The van der Waals surface area contributed by atoms with Crippen molar-refractivity contribution in [2.45, 2.75) is 69.6 Å². The molecule has 2 amide bonds. The van der Waals surface area contributed by atoms with E-state index in [-0.39, 0.29) is 10.8 Å². The summed E-state index contributed by atoms with van der Waals surface area (Å²) >= 11 is 1.96. The second-order valence-corrected chi connectivity index (χ2v) is 8.71. The highest BCUT2D eigenvalue weighted by molar-refractivity contribution is 8.00. The molecule has 0 N–H and O–H groups in total. The molecule has 2 aliphatic heterocycles. The molecule has 3 fully saturated rings. The summed E-state index contributed by atoms with van der Waals surface area (Å²) < 4.78 is 0. The molecule has 0 aromatic rings. The van der Waals surface area contributed by atoms with Crippen LogP contribution in [0.4, 0.5) is 0 Å². The van der Waals surface area contributed by atoms with Crippen molar-refractivity contribution in [1.82, 2.24) is 9.80 Å². The maximum Gasteiger partial charge on any atom is 0.226 e. The number of amides is 2. The molecule has 1 aliphatic carbocycles. The number of carbonyl (C=O) groups excluding carboxylic acids is 2. The van der Waals surface area contributed by atoms with E-state index in [0.29, 0.717) is 18.2 Å². The molecule has 0 aromatic carbocycles. The van der Waals surface area contributed by atoms with Crippen LogP contribution in [-0.4, -0.2) is 51.9 Å². The van der Waals surface area contributed by atoms with Crippen LogP contribution < -0.4 is 0 Å². The zero-order valence-electron chi connectivity index (χ0n) is 14.4. The topological polar surface area (TPSA) is 40.6 Å². The molecule has 0 radical (unpaired) electrons. The predicted octanol–water partition coefficient (Wildman–Crippen LogP) is 3.26. The Morgan fingerprint density at radius 2 is 1.83 bits per heavy atom. The lowest BCUT2D eigenvalue weighted by molar-refractivity contribution is -0.140. The second kappa shape index (κ2) is 7.45. The molecule has 1 spiro atoms. The van der Waals surface area contributed by atoms with Crippen LogP contribution in [0.25, 0.3) is 0 Å². The van der Waals surface area contributed by atoms with Crippen molar-refractivity contribution >= 4 is 23.6 Å². The van der Waals surface area contributed by atoms with Crippen LogP contribution in [0.15, 0.2) is 0 Å². The third-order valence-electron chi connectivity index (χ3n) is 5.79. The minimum Gasteiger partial charge on any atom is -0.342 e. The van der Waals surface area contributed by atoms with Gasteiger partial charge in [0.25, 0.3) is 0 Å². The largest absolute Gasteiger partial charge is 0.342 e. The summed E-state index contributed by atoms with van der Waals surface area (Å²) in [5, 5.41) is 0. The number of nitrogens with zero attached hydrogens (tertiary/aromatic N) is 2. The molecule has 0 bridgehead atoms. The predicted molar refractivity (Wildman–Crippen MR) is 94.2 cm³/mol. The first-order valence-electron chi connectivity index (χ1n) is 9.39. The normalized spacial score (nSPS) is 24.6. The average molecular weight is 339 g/mol. The molecule has 1 saturated carbocycles. The summed E-state index contributed by atoms with van der Waals surface area (Å²) in [6.45, 7) is 4.68. The number of thioether (sulfide) groups is 1. The summed E-state index contributed by atoms with van der Waals surface area (Å²) in [6.07, 6.45) is 9.23. The number of carbonyl (C=O) groups is 2. The van der Waals surface area contributed by atoms with Crippen LogP contribution in [-0.2, 0) is 9.59 Å². The minimum atomic E-state index is -0.0127. The maximum absolute atomic E-state index is 12.9. The molecule has 23 heavy (non-hydrogen) atoms. The van der Waals surface area contributed by atoms with Gasteiger partial charge in [0.2, 0.25) is 11.8 Å². The van der Waals surface area contributed by atoms with Gasteiger partial charge in [-0.2, -0.15) is 0 Å². The van der Waals surface area contributed by atoms with Crippen LogP contribution in [0, 0.1) is 5.92 Å². The lowest BCUT2D eigenvalue weighted by Crippen LogP contribution is -2.54. The van der Waals surface area contributed by atoms with E-state index in [9.17, 15) is 9.59 Å². The van der Waals surface area contributed by atoms with Gasteiger partial charge in [0.05, 0.1) is 4.87 Å². The summed E-state index contributed by atoms with van der Waals surface area (Å²) in [6, 6.07) is 0. The fourth-order valence-electron chi connectivity index (χ4n) is 4.32. The standard InChI is InChI=1S/C18H30N2O2S/c1-2-3-8-16(21)19-11-9-18(10-12-19)20(13-14-23-18)17(22)15-6-4-5-7-15/h15H,2-14H2,1H3. The van der Waals surface area contributed by atoms with E-state index in [1.165, 1.54) is 12.8 Å². The molecule has 2 saturated heterocycles. The molecule has 0 aromatic heterocycles. The lowest BCUT2D eigenvalue weighted by Gasteiger charge is -2.44. The zero-order chi connectivity index (χ0) is 16.3. The fourth-order valence-corrected chi connectivity index (χ4v) is 5.78. The Hall–Kier alpha value is -0.710. The van der Waals surface area contributed by atoms with Crippen molar-refractivity contribution in [1.29, 1.82) is 0 Å². The Bertz CT molecular complexity index is 440. The van der Waals surface area contributed by atoms with Crippen molar-refractivity contribution in [2.24, 2.45) is 5.92 Å². The smallest absolute Gasteiger partial charge is 0.226 e. The van der Waals surface area contributed by atoms with Crippen molar-refractivity contribution in [2.75, 3.05) is 25.4 Å². The third-order valence-corrected chi connectivity index (χ3v) is 7.34. The highest BCUT2D eigenvalue weighted by atomic mass is 32.2. The first kappa shape index (κ1) is 17.1. The van der Waals surface area contributed by atoms with Crippen molar-refractivity contribution in [3.8, 4) is 0 Å². The highest BCUT2D eigenvalue weighted by Gasteiger charge is 2.48. The van der Waals surface area contributed by atoms with Gasteiger partial charge in [0.1, 0.15) is 0 Å². The Kier molecular flexibility index (Phi) is 5.55. The van der Waals surface area contributed by atoms with E-state index < -0.39 is 0 Å². The van der Waals surface area contributed by atoms with Crippen LogP contribution in [0.3, 0.4) is 0 Å². The maximum atomic E-state index is 12.9. The molecule has 3 rings (SSSR count). The van der Waals surface area contributed by atoms with Gasteiger partial charge in [0, 0.05) is 37.7 Å². The van der Waals surface area contributed by atoms with Crippen molar-refractivity contribution < 1.29 is 9.59 Å². The fraction of sp³-hybridized carbons (Fsp3) is 0.889. The molecule has 0 unspecified atom stereocenters. The number of unbranched alkanes of at least 4 members (excludes halogenated alkanes) is 1. The molecular weight excluding hydrogens is 308 g/mol. The van der Waals surface area contributed by atoms with E-state index in [4.69, 9.17) is 0 Å². The molecule has 4 nitrogen and oxygen atoms in total. The van der Waals surface area contributed by atoms with E-state index in [2.05, 4.69) is 11.8 Å². The van der Waals surface area contributed by atoms with Gasteiger partial charge in [-0.25, -0.2) is 0 Å². The van der Waals surface area contributed by atoms with Crippen LogP contribution in [0.2, 0.25) is 0 Å². The molecule has 130 valence electrons. The SMILES string of the molecule is CCCCC(=O)N1CCC2(CC1)SCCN2C(=O)C1CCCC1. The summed E-state index contributed by atoms with van der Waals surface area (Å²) in [5.41, 5.74) is 0. The number of piperidine rings is 1. The molecule has 5 heteroatoms. The first-order valence-corrected chi connectivity index (χ1v) is 10.4. The Morgan fingerprint density at radius 1 is 1.13 bits per heavy atom. The number of likely N-dealkylation sites (tertiary alicyclic amines) is 1. The number of hydrogen-bond donors (Lipinski definition) is 0. The van der Waals surface area contributed by atoms with Crippen molar-refractivity contribution in [3.63, 3.8) is 0 Å². The first-order chi connectivity index (χ1) is 11.2. The second-order valence-electron chi connectivity index (χ2n) is 7.25. The Labute approximate surface area is 144 Å². The third kappa shape index (κ3) is 3.54. The Morgan fingerprint density at radius 3 is 2.48 bits per heavy atom. The monoisotopic (exact) mass is 338 g/mol. The number of hydrogen-bond acceptors (Lipinski definition) is 3. The van der Waals surface area contributed by atoms with Gasteiger partial charge in [-0.15, -0.1) is 11.8 Å². The summed E-state index contributed by atoms with van der Waals surface area (Å²) in [5.74, 6) is 2.04. The number of rotatable bonds is 4. The highest BCUT2D eigenvalue weighted by Crippen LogP contribution is 2.45. The molecule has 0 atom stereocenters. The van der Waals surface area contributed by atoms with E-state index in [0.717, 1.165) is 63.9 Å². The van der Waals surface area contributed by atoms with Crippen LogP contribution in [0.5, 0.6) is 0 Å². The van der Waals surface area contributed by atoms with Gasteiger partial charge in [-0.3, -0.25) is 9.59 Å². The summed E-state index contributed by atoms with van der Waals surface area (Å²) in [4.78, 5) is 29.3. The quantitative estimate of drug-likeness (QED) is 0.790. The lowest BCUT2D eigenvalue weighted by atomic mass is 9.98. The van der Waals surface area contributed by atoms with Gasteiger partial charge in [-0.05, 0) is 32.1 Å². The van der Waals surface area contributed by atoms with Gasteiger partial charge in [-0.1, -0.05) is 26.2 Å². The van der Waals surface area contributed by atoms with E-state index in [1.807, 2.05) is 16.7 Å². The minimum absolute atomic E-state index is 0.0127. The van der Waals surface area contributed by atoms with E-state index in [1.54, 1.807) is 0 Å². The van der Waals surface area contributed by atoms with E-state index >= 15 is 0 Å². The Balaban J connectivity index is 1.59. The van der Waals surface area contributed by atoms with Gasteiger partial charge < -0.3 is 9.80 Å². The molecule has 2 heterocycles.